The highest BCUT2D eigenvalue weighted by Crippen LogP contribution is 2.48. The Kier molecular flexibility index (Phi) is 6.10. The second-order valence-corrected chi connectivity index (χ2v) is 10.3. The van der Waals surface area contributed by atoms with E-state index < -0.39 is 0 Å². The highest BCUT2D eigenvalue weighted by molar-refractivity contribution is 6.02. The standard InChI is InChI=1S/C33H30N2O4/c1-20-13-22-17-34-19-35(30(22)28(15-20)24-9-5-7-11-26(24)32(36)38-3)18-23-14-21(2)16-29(31(23)34)25-10-6-8-12-27(25)33(37)39-4/h5-16H,17-19H2,1-4H3. The first-order chi connectivity index (χ1) is 18.9. The van der Waals surface area contributed by atoms with Crippen LogP contribution in [0.2, 0.25) is 0 Å². The van der Waals surface area contributed by atoms with E-state index in [1.54, 1.807) is 0 Å². The van der Waals surface area contributed by atoms with Crippen molar-refractivity contribution in [1.29, 1.82) is 0 Å². The molecule has 2 aliphatic heterocycles. The van der Waals surface area contributed by atoms with Crippen molar-refractivity contribution in [3.8, 4) is 22.3 Å². The van der Waals surface area contributed by atoms with E-state index in [2.05, 4.69) is 47.9 Å². The molecule has 2 bridgehead atoms. The van der Waals surface area contributed by atoms with E-state index in [0.717, 1.165) is 44.8 Å². The molecule has 4 aromatic carbocycles. The molecule has 0 aliphatic carbocycles. The monoisotopic (exact) mass is 518 g/mol. The summed E-state index contributed by atoms with van der Waals surface area (Å²) in [5.41, 5.74) is 11.9. The highest BCUT2D eigenvalue weighted by atomic mass is 16.5. The largest absolute Gasteiger partial charge is 0.465 e. The fourth-order valence-corrected chi connectivity index (χ4v) is 6.13. The van der Waals surface area contributed by atoms with E-state index in [4.69, 9.17) is 9.47 Å². The Morgan fingerprint density at radius 2 is 1.03 bits per heavy atom. The first-order valence-electron chi connectivity index (χ1n) is 13.0. The Bertz CT molecular complexity index is 1520. The van der Waals surface area contributed by atoms with Gasteiger partial charge in [-0.3, -0.25) is 0 Å². The van der Waals surface area contributed by atoms with Crippen LogP contribution in [0.1, 0.15) is 43.0 Å². The summed E-state index contributed by atoms with van der Waals surface area (Å²) in [6, 6.07) is 24.1. The summed E-state index contributed by atoms with van der Waals surface area (Å²) in [5.74, 6) is -0.682. The van der Waals surface area contributed by atoms with E-state index in [-0.39, 0.29) is 11.9 Å². The summed E-state index contributed by atoms with van der Waals surface area (Å²) in [7, 11) is 2.84. The fraction of sp³-hybridized carbons (Fsp3) is 0.212. The zero-order valence-electron chi connectivity index (χ0n) is 22.6. The number of rotatable bonds is 4. The van der Waals surface area contributed by atoms with Crippen LogP contribution in [0.15, 0.2) is 72.8 Å². The summed E-state index contributed by atoms with van der Waals surface area (Å²) in [4.78, 5) is 30.1. The molecule has 0 unspecified atom stereocenters. The van der Waals surface area contributed by atoms with Gasteiger partial charge in [0.25, 0.3) is 0 Å². The van der Waals surface area contributed by atoms with Crippen molar-refractivity contribution in [2.45, 2.75) is 26.9 Å². The molecule has 6 rings (SSSR count). The third-order valence-electron chi connectivity index (χ3n) is 7.61. The van der Waals surface area contributed by atoms with Crippen molar-refractivity contribution >= 4 is 23.3 Å². The summed E-state index contributed by atoms with van der Waals surface area (Å²) < 4.78 is 10.2. The minimum Gasteiger partial charge on any atom is -0.465 e. The molecular weight excluding hydrogens is 488 g/mol. The van der Waals surface area contributed by atoms with Crippen LogP contribution in [0.5, 0.6) is 0 Å². The number of hydrogen-bond donors (Lipinski definition) is 0. The molecule has 196 valence electrons. The van der Waals surface area contributed by atoms with Gasteiger partial charge in [-0.05, 0) is 60.4 Å². The predicted octanol–water partition coefficient (Wildman–Crippen LogP) is 6.51. The van der Waals surface area contributed by atoms with Crippen molar-refractivity contribution < 1.29 is 19.1 Å². The topological polar surface area (TPSA) is 59.1 Å². The van der Waals surface area contributed by atoms with E-state index in [9.17, 15) is 9.59 Å². The van der Waals surface area contributed by atoms with Crippen LogP contribution in [0.3, 0.4) is 0 Å². The molecule has 0 atom stereocenters. The molecule has 6 nitrogen and oxygen atoms in total. The lowest BCUT2D eigenvalue weighted by atomic mass is 9.88. The Morgan fingerprint density at radius 3 is 1.44 bits per heavy atom. The van der Waals surface area contributed by atoms with Gasteiger partial charge in [0.1, 0.15) is 0 Å². The van der Waals surface area contributed by atoms with Gasteiger partial charge < -0.3 is 19.3 Å². The Morgan fingerprint density at radius 1 is 0.615 bits per heavy atom. The van der Waals surface area contributed by atoms with E-state index in [0.29, 0.717) is 30.9 Å². The maximum atomic E-state index is 12.7. The normalized spacial score (nSPS) is 13.4. The van der Waals surface area contributed by atoms with Gasteiger partial charge in [0.05, 0.1) is 43.4 Å². The van der Waals surface area contributed by atoms with Crippen LogP contribution in [0.25, 0.3) is 22.3 Å². The van der Waals surface area contributed by atoms with Gasteiger partial charge in [-0.25, -0.2) is 9.59 Å². The van der Waals surface area contributed by atoms with E-state index in [1.807, 2.05) is 48.5 Å². The fourth-order valence-electron chi connectivity index (χ4n) is 6.13. The number of fused-ring (bicyclic) bond motifs is 6. The molecule has 2 aliphatic rings. The Hall–Kier alpha value is -4.58. The molecule has 0 amide bonds. The first-order valence-corrected chi connectivity index (χ1v) is 13.0. The minimum atomic E-state index is -0.341. The van der Waals surface area contributed by atoms with Crippen molar-refractivity contribution in [1.82, 2.24) is 0 Å². The minimum absolute atomic E-state index is 0.341. The molecule has 6 heteroatoms. The van der Waals surface area contributed by atoms with Crippen molar-refractivity contribution in [2.24, 2.45) is 0 Å². The molecule has 0 radical (unpaired) electrons. The molecule has 39 heavy (non-hydrogen) atoms. The molecule has 2 heterocycles. The Labute approximate surface area is 228 Å². The number of aryl methyl sites for hydroxylation is 2. The smallest absolute Gasteiger partial charge is 0.338 e. The van der Waals surface area contributed by atoms with Crippen LogP contribution in [-0.4, -0.2) is 32.8 Å². The maximum Gasteiger partial charge on any atom is 0.338 e. The van der Waals surface area contributed by atoms with Crippen LogP contribution < -0.4 is 9.80 Å². The van der Waals surface area contributed by atoms with Gasteiger partial charge in [-0.1, -0.05) is 59.7 Å². The molecule has 0 aromatic heterocycles. The van der Waals surface area contributed by atoms with Crippen LogP contribution in [0.4, 0.5) is 11.4 Å². The number of carbonyl (C=O) groups is 2. The lowest BCUT2D eigenvalue weighted by molar-refractivity contribution is 0.0592. The molecule has 0 N–H and O–H groups in total. The number of nitrogens with zero attached hydrogens (tertiary/aromatic N) is 2. The molecule has 4 aromatic rings. The quantitative estimate of drug-likeness (QED) is 0.287. The average molecular weight is 519 g/mol. The Balaban J connectivity index is 1.52. The number of hydrogen-bond acceptors (Lipinski definition) is 6. The van der Waals surface area contributed by atoms with Crippen molar-refractivity contribution in [2.75, 3.05) is 30.7 Å². The molecule has 0 saturated carbocycles. The maximum absolute atomic E-state index is 12.7. The molecule has 0 fully saturated rings. The van der Waals surface area contributed by atoms with Crippen molar-refractivity contribution in [3.63, 3.8) is 0 Å². The highest BCUT2D eigenvalue weighted by Gasteiger charge is 2.34. The van der Waals surface area contributed by atoms with E-state index >= 15 is 0 Å². The zero-order chi connectivity index (χ0) is 27.3. The summed E-state index contributed by atoms with van der Waals surface area (Å²) in [6.45, 7) is 6.31. The van der Waals surface area contributed by atoms with Crippen LogP contribution >= 0.6 is 0 Å². The summed E-state index contributed by atoms with van der Waals surface area (Å²) >= 11 is 0. The van der Waals surface area contributed by atoms with Crippen LogP contribution in [0, 0.1) is 13.8 Å². The molecule has 0 spiro atoms. The predicted molar refractivity (Wildman–Crippen MR) is 153 cm³/mol. The number of carbonyl (C=O) groups excluding carboxylic acids is 2. The van der Waals surface area contributed by atoms with Crippen LogP contribution in [-0.2, 0) is 22.6 Å². The lowest BCUT2D eigenvalue weighted by Gasteiger charge is -2.46. The van der Waals surface area contributed by atoms with Gasteiger partial charge in [0, 0.05) is 24.2 Å². The third-order valence-corrected chi connectivity index (χ3v) is 7.61. The van der Waals surface area contributed by atoms with Gasteiger partial charge in [0.15, 0.2) is 0 Å². The number of benzene rings is 4. The van der Waals surface area contributed by atoms with Gasteiger partial charge >= 0.3 is 11.9 Å². The summed E-state index contributed by atoms with van der Waals surface area (Å²) in [6.07, 6.45) is 0. The first kappa shape index (κ1) is 24.7. The third kappa shape index (κ3) is 4.13. The van der Waals surface area contributed by atoms with Gasteiger partial charge in [-0.15, -0.1) is 0 Å². The number of methoxy groups -OCH3 is 2. The number of esters is 2. The second-order valence-electron chi connectivity index (χ2n) is 10.3. The molecule has 0 saturated heterocycles. The van der Waals surface area contributed by atoms with Gasteiger partial charge in [0.2, 0.25) is 0 Å². The van der Waals surface area contributed by atoms with E-state index in [1.165, 1.54) is 25.3 Å². The SMILES string of the molecule is COC(=O)c1ccccc1-c1cc(C)cc2c1N1Cc3cc(C)cc(-c4ccccc4C(=O)OC)c3N(C2)C1. The lowest BCUT2D eigenvalue weighted by Crippen LogP contribution is -2.46. The summed E-state index contributed by atoms with van der Waals surface area (Å²) in [5, 5.41) is 0. The number of ether oxygens (including phenoxy) is 2. The zero-order valence-corrected chi connectivity index (χ0v) is 22.6. The van der Waals surface area contributed by atoms with Crippen molar-refractivity contribution in [3.05, 3.63) is 106 Å². The molecular formula is C33H30N2O4. The number of anilines is 2. The average Bonchev–Trinajstić information content (AvgIpc) is 2.95. The second kappa shape index (κ2) is 9.62. The van der Waals surface area contributed by atoms with Gasteiger partial charge in [-0.2, -0.15) is 0 Å².